The van der Waals surface area contributed by atoms with E-state index >= 15 is 0 Å². The van der Waals surface area contributed by atoms with Gasteiger partial charge in [0.2, 0.25) is 5.91 Å². The van der Waals surface area contributed by atoms with E-state index < -0.39 is 0 Å². The van der Waals surface area contributed by atoms with Gasteiger partial charge >= 0.3 is 0 Å². The van der Waals surface area contributed by atoms with E-state index in [0.717, 1.165) is 19.3 Å². The van der Waals surface area contributed by atoms with Crippen molar-refractivity contribution in [1.82, 2.24) is 5.32 Å². The van der Waals surface area contributed by atoms with E-state index in [0.29, 0.717) is 13.0 Å². The summed E-state index contributed by atoms with van der Waals surface area (Å²) in [6.45, 7) is 9.03. The number of hydrogen-bond acceptors (Lipinski definition) is 1. The second kappa shape index (κ2) is 9.20. The third kappa shape index (κ3) is 9.50. The summed E-state index contributed by atoms with van der Waals surface area (Å²) in [4.78, 5) is 11.2. The Labute approximate surface area is 99.8 Å². The van der Waals surface area contributed by atoms with Gasteiger partial charge in [0, 0.05) is 13.0 Å². The summed E-state index contributed by atoms with van der Waals surface area (Å²) in [7, 11) is 0. The molecule has 0 bridgehead atoms. The maximum absolute atomic E-state index is 11.2. The lowest BCUT2D eigenvalue weighted by Gasteiger charge is -2.02. The van der Waals surface area contributed by atoms with Gasteiger partial charge < -0.3 is 5.32 Å². The van der Waals surface area contributed by atoms with Gasteiger partial charge in [-0.05, 0) is 40.0 Å². The highest BCUT2D eigenvalue weighted by Crippen LogP contribution is 2.05. The lowest BCUT2D eigenvalue weighted by Crippen LogP contribution is -2.22. The van der Waals surface area contributed by atoms with Crippen LogP contribution >= 0.6 is 0 Å². The molecule has 0 aromatic heterocycles. The highest BCUT2D eigenvalue weighted by atomic mass is 16.1. The molecule has 0 fully saturated rings. The molecule has 0 saturated carbocycles. The molecule has 0 spiro atoms. The maximum Gasteiger partial charge on any atom is 0.220 e. The molecule has 0 radical (unpaired) electrons. The molecule has 0 aliphatic carbocycles. The van der Waals surface area contributed by atoms with E-state index in [2.05, 4.69) is 38.2 Å². The van der Waals surface area contributed by atoms with Crippen molar-refractivity contribution in [3.63, 3.8) is 0 Å². The lowest BCUT2D eigenvalue weighted by atomic mass is 10.1. The topological polar surface area (TPSA) is 29.1 Å². The van der Waals surface area contributed by atoms with Crippen molar-refractivity contribution in [2.75, 3.05) is 6.54 Å². The minimum Gasteiger partial charge on any atom is -0.353 e. The van der Waals surface area contributed by atoms with E-state index in [1.54, 1.807) is 0 Å². The van der Waals surface area contributed by atoms with Gasteiger partial charge in [-0.25, -0.2) is 0 Å². The van der Waals surface area contributed by atoms with Crippen molar-refractivity contribution in [3.05, 3.63) is 23.3 Å². The molecule has 0 aromatic carbocycles. The highest BCUT2D eigenvalue weighted by molar-refractivity contribution is 5.75. The van der Waals surface area contributed by atoms with E-state index in [1.807, 2.05) is 6.92 Å². The third-order valence-electron chi connectivity index (χ3n) is 2.32. The number of rotatable bonds is 7. The van der Waals surface area contributed by atoms with Gasteiger partial charge in [0.15, 0.2) is 0 Å². The Bertz CT molecular complexity index is 260. The number of nitrogens with one attached hydrogen (secondary N) is 1. The molecule has 92 valence electrons. The van der Waals surface area contributed by atoms with E-state index in [9.17, 15) is 4.79 Å². The smallest absolute Gasteiger partial charge is 0.220 e. The van der Waals surface area contributed by atoms with E-state index in [4.69, 9.17) is 0 Å². The largest absolute Gasteiger partial charge is 0.353 e. The molecule has 16 heavy (non-hydrogen) atoms. The van der Waals surface area contributed by atoms with Crippen molar-refractivity contribution in [3.8, 4) is 0 Å². The van der Waals surface area contributed by atoms with Gasteiger partial charge in [-0.2, -0.15) is 0 Å². The van der Waals surface area contributed by atoms with Crippen LogP contribution in [0.2, 0.25) is 0 Å². The fraction of sp³-hybridized carbons (Fsp3) is 0.643. The number of allylic oxidation sites excluding steroid dienone is 3. The first-order chi connectivity index (χ1) is 7.56. The molecule has 0 heterocycles. The molecule has 0 rings (SSSR count). The van der Waals surface area contributed by atoms with Crippen LogP contribution in [0.25, 0.3) is 0 Å². The minimum absolute atomic E-state index is 0.149. The summed E-state index contributed by atoms with van der Waals surface area (Å²) in [6.07, 6.45) is 8.06. The van der Waals surface area contributed by atoms with Crippen molar-refractivity contribution in [2.24, 2.45) is 0 Å². The summed E-state index contributed by atoms with van der Waals surface area (Å²) >= 11 is 0. The second-order valence-corrected chi connectivity index (χ2v) is 4.42. The number of hydrogen-bond donors (Lipinski definition) is 1. The van der Waals surface area contributed by atoms with Crippen LogP contribution in [0.1, 0.15) is 53.4 Å². The normalized spacial score (nSPS) is 11.1. The van der Waals surface area contributed by atoms with Crippen LogP contribution in [-0.4, -0.2) is 12.5 Å². The second-order valence-electron chi connectivity index (χ2n) is 4.42. The van der Waals surface area contributed by atoms with Crippen LogP contribution in [0.15, 0.2) is 23.3 Å². The minimum atomic E-state index is 0.149. The predicted molar refractivity (Wildman–Crippen MR) is 70.3 cm³/mol. The Morgan fingerprint density at radius 3 is 2.38 bits per heavy atom. The molecule has 2 nitrogen and oxygen atoms in total. The van der Waals surface area contributed by atoms with Crippen molar-refractivity contribution in [2.45, 2.75) is 53.4 Å². The predicted octanol–water partition coefficient (Wildman–Crippen LogP) is 3.60. The zero-order chi connectivity index (χ0) is 12.4. The highest BCUT2D eigenvalue weighted by Gasteiger charge is 1.95. The first kappa shape index (κ1) is 14.9. The Kier molecular flexibility index (Phi) is 8.59. The molecule has 0 aromatic rings. The van der Waals surface area contributed by atoms with Crippen LogP contribution in [0, 0.1) is 0 Å². The number of carbonyl (C=O) groups is 1. The van der Waals surface area contributed by atoms with Crippen LogP contribution < -0.4 is 5.32 Å². The molecular weight excluding hydrogens is 198 g/mol. The average molecular weight is 223 g/mol. The molecule has 0 unspecified atom stereocenters. The zero-order valence-corrected chi connectivity index (χ0v) is 11.1. The fourth-order valence-electron chi connectivity index (χ4n) is 1.35. The molecule has 0 saturated heterocycles. The molecule has 2 heteroatoms. The van der Waals surface area contributed by atoms with Gasteiger partial charge in [0.1, 0.15) is 0 Å². The Morgan fingerprint density at radius 1 is 1.12 bits per heavy atom. The molecule has 1 N–H and O–H groups in total. The Morgan fingerprint density at radius 2 is 1.81 bits per heavy atom. The van der Waals surface area contributed by atoms with Gasteiger partial charge in [0.05, 0.1) is 0 Å². The first-order valence-corrected chi connectivity index (χ1v) is 6.12. The zero-order valence-electron chi connectivity index (χ0n) is 11.1. The Balaban J connectivity index is 3.70. The van der Waals surface area contributed by atoms with Gasteiger partial charge in [-0.3, -0.25) is 4.79 Å². The quantitative estimate of drug-likeness (QED) is 0.656. The molecule has 0 aliphatic heterocycles. The van der Waals surface area contributed by atoms with E-state index in [1.165, 1.54) is 11.1 Å². The monoisotopic (exact) mass is 223 g/mol. The summed E-state index contributed by atoms with van der Waals surface area (Å²) in [6, 6.07) is 0. The fourth-order valence-corrected chi connectivity index (χ4v) is 1.35. The standard InChI is InChI=1S/C14H25NO/c1-5-7-14(16)15-11-10-13(4)9-6-8-12(2)3/h8,10H,5-7,9,11H2,1-4H3,(H,15,16). The van der Waals surface area contributed by atoms with Crippen molar-refractivity contribution >= 4 is 5.91 Å². The van der Waals surface area contributed by atoms with Crippen LogP contribution in [-0.2, 0) is 4.79 Å². The molecule has 0 aliphatic rings. The Hall–Kier alpha value is -1.05. The molecular formula is C14H25NO. The van der Waals surface area contributed by atoms with Crippen LogP contribution in [0.4, 0.5) is 0 Å². The molecule has 1 amide bonds. The summed E-state index contributed by atoms with van der Waals surface area (Å²) in [5, 5.41) is 2.88. The maximum atomic E-state index is 11.2. The SMILES string of the molecule is CCCC(=O)NCC=C(C)CCC=C(C)C. The average Bonchev–Trinajstić information content (AvgIpc) is 2.17. The summed E-state index contributed by atoms with van der Waals surface area (Å²) in [5.74, 6) is 0.149. The third-order valence-corrected chi connectivity index (χ3v) is 2.32. The summed E-state index contributed by atoms with van der Waals surface area (Å²) < 4.78 is 0. The number of carbonyl (C=O) groups excluding carboxylic acids is 1. The van der Waals surface area contributed by atoms with Crippen LogP contribution in [0.5, 0.6) is 0 Å². The van der Waals surface area contributed by atoms with Crippen molar-refractivity contribution in [1.29, 1.82) is 0 Å². The van der Waals surface area contributed by atoms with Crippen LogP contribution in [0.3, 0.4) is 0 Å². The molecule has 0 atom stereocenters. The van der Waals surface area contributed by atoms with E-state index in [-0.39, 0.29) is 5.91 Å². The lowest BCUT2D eigenvalue weighted by molar-refractivity contribution is -0.120. The van der Waals surface area contributed by atoms with Crippen molar-refractivity contribution < 1.29 is 4.79 Å². The number of amides is 1. The van der Waals surface area contributed by atoms with Gasteiger partial charge in [-0.15, -0.1) is 0 Å². The van der Waals surface area contributed by atoms with Gasteiger partial charge in [-0.1, -0.05) is 30.2 Å². The first-order valence-electron chi connectivity index (χ1n) is 6.12. The van der Waals surface area contributed by atoms with Gasteiger partial charge in [0.25, 0.3) is 0 Å². The summed E-state index contributed by atoms with van der Waals surface area (Å²) in [5.41, 5.74) is 2.71.